The van der Waals surface area contributed by atoms with E-state index in [0.717, 1.165) is 10.9 Å². The first-order valence-corrected chi connectivity index (χ1v) is 8.99. The van der Waals surface area contributed by atoms with Crippen LogP contribution in [0, 0.1) is 5.92 Å². The van der Waals surface area contributed by atoms with Gasteiger partial charge in [0.15, 0.2) is 0 Å². The third kappa shape index (κ3) is 3.85. The van der Waals surface area contributed by atoms with Crippen LogP contribution >= 0.6 is 11.3 Å². The standard InChI is InChI=1S/C18H24N2S/c1-2-4-14-7-9-16(10-8-14)20-17-6-3-5-15(13-17)18-19-11-12-21-18/h3,5-6,11-14,16,20H,2,4,7-10H2,1H3. The van der Waals surface area contributed by atoms with Crippen LogP contribution in [0.1, 0.15) is 45.4 Å². The minimum atomic E-state index is 0.643. The lowest BCUT2D eigenvalue weighted by atomic mass is 9.83. The van der Waals surface area contributed by atoms with Crippen LogP contribution in [-0.4, -0.2) is 11.0 Å². The molecular weight excluding hydrogens is 276 g/mol. The summed E-state index contributed by atoms with van der Waals surface area (Å²) in [5.41, 5.74) is 2.45. The molecule has 3 heteroatoms. The van der Waals surface area contributed by atoms with Crippen molar-refractivity contribution < 1.29 is 0 Å². The van der Waals surface area contributed by atoms with Crippen LogP contribution in [0.5, 0.6) is 0 Å². The molecule has 1 fully saturated rings. The lowest BCUT2D eigenvalue weighted by molar-refractivity contribution is 0.319. The molecule has 0 amide bonds. The lowest BCUT2D eigenvalue weighted by Gasteiger charge is -2.29. The normalized spacial score (nSPS) is 22.1. The fourth-order valence-electron chi connectivity index (χ4n) is 3.35. The smallest absolute Gasteiger partial charge is 0.123 e. The van der Waals surface area contributed by atoms with Crippen LogP contribution in [-0.2, 0) is 0 Å². The van der Waals surface area contributed by atoms with Crippen molar-refractivity contribution in [3.05, 3.63) is 35.8 Å². The van der Waals surface area contributed by atoms with Gasteiger partial charge in [-0.1, -0.05) is 31.9 Å². The number of nitrogens with one attached hydrogen (secondary N) is 1. The molecule has 1 aliphatic rings. The molecule has 1 heterocycles. The molecule has 2 nitrogen and oxygen atoms in total. The molecule has 0 unspecified atom stereocenters. The number of nitrogens with zero attached hydrogens (tertiary/aromatic N) is 1. The average Bonchev–Trinajstić information content (AvgIpc) is 3.04. The van der Waals surface area contributed by atoms with Crippen LogP contribution in [0.15, 0.2) is 35.8 Å². The van der Waals surface area contributed by atoms with Crippen molar-refractivity contribution in [1.82, 2.24) is 4.98 Å². The Bertz CT molecular complexity index is 542. The van der Waals surface area contributed by atoms with Gasteiger partial charge in [0, 0.05) is 28.9 Å². The molecule has 0 spiro atoms. The van der Waals surface area contributed by atoms with Crippen molar-refractivity contribution in [2.24, 2.45) is 5.92 Å². The first kappa shape index (κ1) is 14.6. The summed E-state index contributed by atoms with van der Waals surface area (Å²) in [6.07, 6.45) is 10.0. The lowest BCUT2D eigenvalue weighted by Crippen LogP contribution is -2.26. The van der Waals surface area contributed by atoms with E-state index >= 15 is 0 Å². The highest BCUT2D eigenvalue weighted by atomic mass is 32.1. The highest BCUT2D eigenvalue weighted by molar-refractivity contribution is 7.13. The van der Waals surface area contributed by atoms with Crippen LogP contribution in [0.25, 0.3) is 10.6 Å². The van der Waals surface area contributed by atoms with E-state index in [4.69, 9.17) is 0 Å². The van der Waals surface area contributed by atoms with Crippen molar-refractivity contribution in [3.8, 4) is 10.6 Å². The quantitative estimate of drug-likeness (QED) is 0.779. The molecule has 112 valence electrons. The van der Waals surface area contributed by atoms with Gasteiger partial charge in [-0.3, -0.25) is 0 Å². The summed E-state index contributed by atoms with van der Waals surface area (Å²) in [6, 6.07) is 9.32. The second kappa shape index (κ2) is 7.08. The summed E-state index contributed by atoms with van der Waals surface area (Å²) in [5.74, 6) is 0.967. The summed E-state index contributed by atoms with van der Waals surface area (Å²) in [7, 11) is 0. The van der Waals surface area contributed by atoms with Gasteiger partial charge in [-0.05, 0) is 43.7 Å². The molecule has 0 atom stereocenters. The van der Waals surface area contributed by atoms with Crippen molar-refractivity contribution in [2.45, 2.75) is 51.5 Å². The second-order valence-corrected chi connectivity index (χ2v) is 6.96. The van der Waals surface area contributed by atoms with Crippen molar-refractivity contribution in [1.29, 1.82) is 0 Å². The maximum Gasteiger partial charge on any atom is 0.123 e. The van der Waals surface area contributed by atoms with Gasteiger partial charge in [0.25, 0.3) is 0 Å². The van der Waals surface area contributed by atoms with E-state index < -0.39 is 0 Å². The molecule has 2 aromatic rings. The van der Waals surface area contributed by atoms with Crippen molar-refractivity contribution >= 4 is 17.0 Å². The van der Waals surface area contributed by atoms with Gasteiger partial charge in [0.2, 0.25) is 0 Å². The predicted molar refractivity (Wildman–Crippen MR) is 91.8 cm³/mol. The Morgan fingerprint density at radius 2 is 2.10 bits per heavy atom. The van der Waals surface area contributed by atoms with Crippen LogP contribution in [0.2, 0.25) is 0 Å². The molecule has 0 radical (unpaired) electrons. The number of hydrogen-bond donors (Lipinski definition) is 1. The zero-order valence-corrected chi connectivity index (χ0v) is 13.5. The van der Waals surface area contributed by atoms with E-state index in [1.54, 1.807) is 11.3 Å². The fraction of sp³-hybridized carbons (Fsp3) is 0.500. The molecule has 1 saturated carbocycles. The third-order valence-electron chi connectivity index (χ3n) is 4.46. The predicted octanol–water partition coefficient (Wildman–Crippen LogP) is 5.58. The fourth-order valence-corrected chi connectivity index (χ4v) is 3.98. The van der Waals surface area contributed by atoms with E-state index in [0.29, 0.717) is 6.04 Å². The summed E-state index contributed by atoms with van der Waals surface area (Å²) in [5, 5.41) is 6.86. The minimum Gasteiger partial charge on any atom is -0.382 e. The molecule has 21 heavy (non-hydrogen) atoms. The Labute approximate surface area is 131 Å². The van der Waals surface area contributed by atoms with Gasteiger partial charge in [-0.15, -0.1) is 11.3 Å². The van der Waals surface area contributed by atoms with Crippen LogP contribution < -0.4 is 5.32 Å². The van der Waals surface area contributed by atoms with Crippen molar-refractivity contribution in [3.63, 3.8) is 0 Å². The average molecular weight is 300 g/mol. The molecule has 1 N–H and O–H groups in total. The van der Waals surface area contributed by atoms with Crippen LogP contribution in [0.3, 0.4) is 0 Å². The number of benzene rings is 1. The maximum absolute atomic E-state index is 4.40. The molecule has 0 aliphatic heterocycles. The molecular formula is C18H24N2S. The van der Waals surface area contributed by atoms with Crippen LogP contribution in [0.4, 0.5) is 5.69 Å². The number of hydrogen-bond acceptors (Lipinski definition) is 3. The molecule has 0 saturated heterocycles. The third-order valence-corrected chi connectivity index (χ3v) is 5.28. The van der Waals surface area contributed by atoms with Gasteiger partial charge < -0.3 is 5.32 Å². The minimum absolute atomic E-state index is 0.643. The van der Waals surface area contributed by atoms with Gasteiger partial charge in [0.1, 0.15) is 5.01 Å². The summed E-state index contributed by atoms with van der Waals surface area (Å²) in [6.45, 7) is 2.30. The summed E-state index contributed by atoms with van der Waals surface area (Å²) in [4.78, 5) is 4.40. The van der Waals surface area contributed by atoms with E-state index in [1.807, 2.05) is 11.6 Å². The molecule has 0 bridgehead atoms. The number of rotatable bonds is 5. The van der Waals surface area contributed by atoms with E-state index in [1.165, 1.54) is 49.8 Å². The Morgan fingerprint density at radius 1 is 1.24 bits per heavy atom. The molecule has 3 rings (SSSR count). The number of aromatic nitrogens is 1. The molecule has 1 aromatic heterocycles. The Kier molecular flexibility index (Phi) is 4.91. The largest absolute Gasteiger partial charge is 0.382 e. The van der Waals surface area contributed by atoms with Gasteiger partial charge in [-0.2, -0.15) is 0 Å². The molecule has 1 aliphatic carbocycles. The first-order chi connectivity index (χ1) is 10.3. The number of anilines is 1. The van der Waals surface area contributed by atoms with Gasteiger partial charge >= 0.3 is 0 Å². The highest BCUT2D eigenvalue weighted by Crippen LogP contribution is 2.30. The summed E-state index contributed by atoms with van der Waals surface area (Å²) >= 11 is 1.70. The van der Waals surface area contributed by atoms with Gasteiger partial charge in [-0.25, -0.2) is 4.98 Å². The maximum atomic E-state index is 4.40. The highest BCUT2D eigenvalue weighted by Gasteiger charge is 2.20. The first-order valence-electron chi connectivity index (χ1n) is 8.11. The Hall–Kier alpha value is -1.35. The number of thiazole rings is 1. The second-order valence-electron chi connectivity index (χ2n) is 6.07. The Morgan fingerprint density at radius 3 is 2.81 bits per heavy atom. The topological polar surface area (TPSA) is 24.9 Å². The van der Waals surface area contributed by atoms with E-state index in [2.05, 4.69) is 41.5 Å². The Balaban J connectivity index is 1.60. The van der Waals surface area contributed by atoms with E-state index in [9.17, 15) is 0 Å². The monoisotopic (exact) mass is 300 g/mol. The molecule has 1 aromatic carbocycles. The van der Waals surface area contributed by atoms with Gasteiger partial charge in [0.05, 0.1) is 0 Å². The zero-order chi connectivity index (χ0) is 14.5. The zero-order valence-electron chi connectivity index (χ0n) is 12.7. The summed E-state index contributed by atoms with van der Waals surface area (Å²) < 4.78 is 0. The SMILES string of the molecule is CCCC1CCC(Nc2cccc(-c3nccs3)c2)CC1. The van der Waals surface area contributed by atoms with Crippen molar-refractivity contribution in [2.75, 3.05) is 5.32 Å². The van der Waals surface area contributed by atoms with E-state index in [-0.39, 0.29) is 0 Å².